The average molecular weight is 462 g/mol. The van der Waals surface area contributed by atoms with Crippen LogP contribution in [0.2, 0.25) is 0 Å². The molecule has 0 radical (unpaired) electrons. The van der Waals surface area contributed by atoms with Gasteiger partial charge in [0.15, 0.2) is 0 Å². The molecule has 0 saturated carbocycles. The van der Waals surface area contributed by atoms with Gasteiger partial charge in [0.2, 0.25) is 0 Å². The first kappa shape index (κ1) is 22.3. The average Bonchev–Trinajstić information content (AvgIpc) is 3.18. The molecule has 3 heterocycles. The van der Waals surface area contributed by atoms with Crippen molar-refractivity contribution >= 4 is 28.3 Å². The van der Waals surface area contributed by atoms with Gasteiger partial charge in [0, 0.05) is 45.3 Å². The van der Waals surface area contributed by atoms with Crippen molar-refractivity contribution in [1.29, 1.82) is 0 Å². The van der Waals surface area contributed by atoms with Gasteiger partial charge in [-0.25, -0.2) is 4.98 Å². The number of aryl methyl sites for hydroxylation is 3. The van der Waals surface area contributed by atoms with E-state index in [0.29, 0.717) is 5.56 Å². The van der Waals surface area contributed by atoms with Crippen LogP contribution >= 0.6 is 0 Å². The van der Waals surface area contributed by atoms with Crippen LogP contribution in [0.5, 0.6) is 0 Å². The summed E-state index contributed by atoms with van der Waals surface area (Å²) in [5.74, 6) is 0.639. The molecular weight excluding hydrogens is 434 g/mol. The molecule has 6 nitrogen and oxygen atoms in total. The minimum Gasteiger partial charge on any atom is -0.358 e. The molecule has 0 aliphatic carbocycles. The Kier molecular flexibility index (Phi) is 6.02. The molecule has 0 aliphatic heterocycles. The summed E-state index contributed by atoms with van der Waals surface area (Å²) < 4.78 is 0. The first-order chi connectivity index (χ1) is 17.0. The van der Waals surface area contributed by atoms with E-state index in [4.69, 9.17) is 0 Å². The van der Waals surface area contributed by atoms with Gasteiger partial charge in [-0.15, -0.1) is 0 Å². The van der Waals surface area contributed by atoms with Crippen molar-refractivity contribution in [2.24, 2.45) is 0 Å². The van der Waals surface area contributed by atoms with Gasteiger partial charge >= 0.3 is 0 Å². The molecule has 1 unspecified atom stereocenters. The topological polar surface area (TPSA) is 82.7 Å². The van der Waals surface area contributed by atoms with Gasteiger partial charge in [-0.3, -0.25) is 9.78 Å². The lowest BCUT2D eigenvalue weighted by molar-refractivity contribution is 0.102. The molecular formula is C29H27N5O. The normalized spacial score (nSPS) is 11.9. The third-order valence-electron chi connectivity index (χ3n) is 6.06. The van der Waals surface area contributed by atoms with E-state index in [1.165, 1.54) is 0 Å². The largest absolute Gasteiger partial charge is 0.358 e. The first-order valence-corrected chi connectivity index (χ1v) is 11.6. The number of hydrogen-bond donors (Lipinski definition) is 3. The van der Waals surface area contributed by atoms with Crippen LogP contribution < -0.4 is 10.6 Å². The van der Waals surface area contributed by atoms with E-state index in [9.17, 15) is 4.79 Å². The van der Waals surface area contributed by atoms with Crippen LogP contribution in [-0.4, -0.2) is 20.9 Å². The van der Waals surface area contributed by atoms with Crippen LogP contribution in [0.25, 0.3) is 10.9 Å². The number of pyridine rings is 2. The van der Waals surface area contributed by atoms with Gasteiger partial charge in [-0.05, 0) is 75.4 Å². The SMILES string of the molecule is Cc1ccc(C(=O)Nc2ccc3[nH]c(C)c(C(Nc4cccc(C)n4)c4ccccn4)c3c2)cc1. The van der Waals surface area contributed by atoms with Gasteiger partial charge in [-0.1, -0.05) is 29.8 Å². The van der Waals surface area contributed by atoms with Crippen molar-refractivity contribution in [3.05, 3.63) is 119 Å². The Morgan fingerprint density at radius 1 is 0.914 bits per heavy atom. The molecule has 174 valence electrons. The molecule has 6 heteroatoms. The van der Waals surface area contributed by atoms with Crippen LogP contribution in [-0.2, 0) is 0 Å². The van der Waals surface area contributed by atoms with E-state index in [1.54, 1.807) is 6.20 Å². The number of H-pyrrole nitrogens is 1. The van der Waals surface area contributed by atoms with Crippen molar-refractivity contribution in [3.63, 3.8) is 0 Å². The number of fused-ring (bicyclic) bond motifs is 1. The maximum atomic E-state index is 12.8. The predicted molar refractivity (Wildman–Crippen MR) is 141 cm³/mol. The number of nitrogens with one attached hydrogen (secondary N) is 3. The first-order valence-electron chi connectivity index (χ1n) is 11.6. The Labute approximate surface area is 204 Å². The fourth-order valence-corrected chi connectivity index (χ4v) is 4.32. The Bertz CT molecular complexity index is 1490. The van der Waals surface area contributed by atoms with E-state index < -0.39 is 0 Å². The summed E-state index contributed by atoms with van der Waals surface area (Å²) >= 11 is 0. The zero-order chi connectivity index (χ0) is 24.4. The summed E-state index contributed by atoms with van der Waals surface area (Å²) in [6, 6.07) is 25.1. The number of rotatable bonds is 6. The number of aromatic amines is 1. The zero-order valence-electron chi connectivity index (χ0n) is 20.0. The summed E-state index contributed by atoms with van der Waals surface area (Å²) in [4.78, 5) is 25.6. The van der Waals surface area contributed by atoms with Crippen molar-refractivity contribution in [1.82, 2.24) is 15.0 Å². The zero-order valence-corrected chi connectivity index (χ0v) is 20.0. The van der Waals surface area contributed by atoms with E-state index in [0.717, 1.165) is 50.6 Å². The minimum atomic E-state index is -0.234. The predicted octanol–water partition coefficient (Wildman–Crippen LogP) is 6.34. The highest BCUT2D eigenvalue weighted by atomic mass is 16.1. The highest BCUT2D eigenvalue weighted by molar-refractivity contribution is 6.05. The number of amides is 1. The van der Waals surface area contributed by atoms with E-state index >= 15 is 0 Å². The monoisotopic (exact) mass is 461 g/mol. The van der Waals surface area contributed by atoms with E-state index in [1.807, 2.05) is 92.7 Å². The molecule has 2 aromatic carbocycles. The number of carbonyl (C=O) groups is 1. The molecule has 0 saturated heterocycles. The Morgan fingerprint density at radius 2 is 1.74 bits per heavy atom. The maximum Gasteiger partial charge on any atom is 0.255 e. The Hall–Kier alpha value is -4.45. The maximum absolute atomic E-state index is 12.8. The summed E-state index contributed by atoms with van der Waals surface area (Å²) in [5.41, 5.74) is 7.38. The van der Waals surface area contributed by atoms with Crippen LogP contribution in [0, 0.1) is 20.8 Å². The van der Waals surface area contributed by atoms with Gasteiger partial charge in [0.05, 0.1) is 11.7 Å². The van der Waals surface area contributed by atoms with Gasteiger partial charge in [0.1, 0.15) is 5.82 Å². The van der Waals surface area contributed by atoms with E-state index in [-0.39, 0.29) is 11.9 Å². The molecule has 3 N–H and O–H groups in total. The second-order valence-corrected chi connectivity index (χ2v) is 8.74. The van der Waals surface area contributed by atoms with Gasteiger partial charge < -0.3 is 15.6 Å². The number of benzene rings is 2. The molecule has 5 aromatic rings. The minimum absolute atomic E-state index is 0.137. The van der Waals surface area contributed by atoms with Crippen molar-refractivity contribution in [2.75, 3.05) is 10.6 Å². The van der Waals surface area contributed by atoms with Crippen molar-refractivity contribution in [3.8, 4) is 0 Å². The molecule has 3 aromatic heterocycles. The molecule has 35 heavy (non-hydrogen) atoms. The van der Waals surface area contributed by atoms with Crippen LogP contribution in [0.15, 0.2) is 85.1 Å². The number of hydrogen-bond acceptors (Lipinski definition) is 4. The summed E-state index contributed by atoms with van der Waals surface area (Å²) in [7, 11) is 0. The second-order valence-electron chi connectivity index (χ2n) is 8.74. The van der Waals surface area contributed by atoms with Crippen LogP contribution in [0.3, 0.4) is 0 Å². The fraction of sp³-hybridized carbons (Fsp3) is 0.138. The lowest BCUT2D eigenvalue weighted by Crippen LogP contribution is -2.16. The second kappa shape index (κ2) is 9.43. The molecule has 0 bridgehead atoms. The Morgan fingerprint density at radius 3 is 2.49 bits per heavy atom. The van der Waals surface area contributed by atoms with Gasteiger partial charge in [0.25, 0.3) is 5.91 Å². The van der Waals surface area contributed by atoms with Crippen LogP contribution in [0.1, 0.15) is 44.6 Å². The summed E-state index contributed by atoms with van der Waals surface area (Å²) in [5, 5.41) is 7.64. The standard InChI is InChI=1S/C29H27N5O/c1-18-10-12-21(13-11-18)29(35)33-22-14-15-24-23(17-22)27(20(3)32-24)28(25-8-4-5-16-30-25)34-26-9-6-7-19(2)31-26/h4-17,28,32H,1-3H3,(H,31,34)(H,33,35). The third-order valence-corrected chi connectivity index (χ3v) is 6.06. The lowest BCUT2D eigenvalue weighted by atomic mass is 9.99. The molecule has 0 spiro atoms. The van der Waals surface area contributed by atoms with Crippen molar-refractivity contribution < 1.29 is 4.79 Å². The number of nitrogens with zero attached hydrogens (tertiary/aromatic N) is 2. The fourth-order valence-electron chi connectivity index (χ4n) is 4.32. The summed E-state index contributed by atoms with van der Waals surface area (Å²) in [6.07, 6.45) is 1.80. The third kappa shape index (κ3) is 4.77. The lowest BCUT2D eigenvalue weighted by Gasteiger charge is -2.20. The highest BCUT2D eigenvalue weighted by Gasteiger charge is 2.23. The molecule has 0 fully saturated rings. The molecule has 1 atom stereocenters. The Balaban J connectivity index is 1.55. The van der Waals surface area contributed by atoms with Crippen molar-refractivity contribution in [2.45, 2.75) is 26.8 Å². The number of anilines is 2. The molecule has 0 aliphatic rings. The van der Waals surface area contributed by atoms with Crippen LogP contribution in [0.4, 0.5) is 11.5 Å². The number of aromatic nitrogens is 3. The smallest absolute Gasteiger partial charge is 0.255 e. The highest BCUT2D eigenvalue weighted by Crippen LogP contribution is 2.35. The quantitative estimate of drug-likeness (QED) is 0.276. The van der Waals surface area contributed by atoms with Gasteiger partial charge in [-0.2, -0.15) is 0 Å². The number of carbonyl (C=O) groups excluding carboxylic acids is 1. The van der Waals surface area contributed by atoms with E-state index in [2.05, 4.69) is 32.5 Å². The molecule has 5 rings (SSSR count). The molecule has 1 amide bonds. The summed E-state index contributed by atoms with van der Waals surface area (Å²) in [6.45, 7) is 6.03.